The summed E-state index contributed by atoms with van der Waals surface area (Å²) in [4.78, 5) is 13.8. The van der Waals surface area contributed by atoms with Crippen molar-refractivity contribution in [3.05, 3.63) is 57.8 Å². The lowest BCUT2D eigenvalue weighted by Gasteiger charge is -2.14. The number of rotatable bonds is 5. The lowest BCUT2D eigenvalue weighted by atomic mass is 9.93. The fourth-order valence-electron chi connectivity index (χ4n) is 2.81. The molecule has 118 valence electrons. The largest absolute Gasteiger partial charge is 0.477 e. The number of aromatic carboxylic acids is 1. The van der Waals surface area contributed by atoms with E-state index in [4.69, 9.17) is 5.11 Å². The van der Waals surface area contributed by atoms with Gasteiger partial charge in [0.05, 0.1) is 0 Å². The van der Waals surface area contributed by atoms with Crippen molar-refractivity contribution in [2.75, 3.05) is 0 Å². The van der Waals surface area contributed by atoms with Gasteiger partial charge in [-0.25, -0.2) is 4.79 Å². The highest BCUT2D eigenvalue weighted by molar-refractivity contribution is 7.17. The Balaban J connectivity index is 2.14. The van der Waals surface area contributed by atoms with E-state index in [0.29, 0.717) is 4.88 Å². The Bertz CT molecular complexity index is 804. The molecule has 23 heavy (non-hydrogen) atoms. The zero-order valence-electron chi connectivity index (χ0n) is 13.1. The Morgan fingerprint density at radius 2 is 1.74 bits per heavy atom. The van der Waals surface area contributed by atoms with Gasteiger partial charge in [-0.2, -0.15) is 0 Å². The van der Waals surface area contributed by atoms with Gasteiger partial charge in [0, 0.05) is 9.75 Å². The van der Waals surface area contributed by atoms with E-state index >= 15 is 0 Å². The Labute approximate surface area is 144 Å². The maximum Gasteiger partial charge on any atom is 0.345 e. The van der Waals surface area contributed by atoms with E-state index < -0.39 is 5.97 Å². The number of benzene rings is 1. The minimum atomic E-state index is -0.858. The highest BCUT2D eigenvalue weighted by atomic mass is 32.1. The lowest BCUT2D eigenvalue weighted by Crippen LogP contribution is -1.94. The Hall–Kier alpha value is -1.91. The van der Waals surface area contributed by atoms with Crippen LogP contribution in [0.25, 0.3) is 20.9 Å². The topological polar surface area (TPSA) is 37.3 Å². The van der Waals surface area contributed by atoms with E-state index in [1.54, 1.807) is 17.4 Å². The van der Waals surface area contributed by atoms with Crippen molar-refractivity contribution in [3.8, 4) is 20.9 Å². The number of hydrogen-bond donors (Lipinski definition) is 1. The van der Waals surface area contributed by atoms with Crippen molar-refractivity contribution < 1.29 is 9.90 Å². The van der Waals surface area contributed by atoms with E-state index in [1.807, 2.05) is 6.07 Å². The van der Waals surface area contributed by atoms with E-state index in [1.165, 1.54) is 32.9 Å². The van der Waals surface area contributed by atoms with Gasteiger partial charge in [0.2, 0.25) is 0 Å². The van der Waals surface area contributed by atoms with Gasteiger partial charge < -0.3 is 5.11 Å². The Morgan fingerprint density at radius 1 is 1.04 bits per heavy atom. The van der Waals surface area contributed by atoms with Crippen LogP contribution >= 0.6 is 22.7 Å². The first-order valence-corrected chi connectivity index (χ1v) is 9.36. The second-order valence-electron chi connectivity index (χ2n) is 5.32. The molecule has 1 N–H and O–H groups in total. The number of carbonyl (C=O) groups is 1. The standard InChI is InChI=1S/C19H18O2S2/c1-3-12-10-14(15-7-8-17(23-15)19(20)21)11-13(4-2)18(12)16-6-5-9-22-16/h5-11H,3-4H2,1-2H3,(H,20,21). The Morgan fingerprint density at radius 3 is 2.22 bits per heavy atom. The molecule has 1 aromatic carbocycles. The van der Waals surface area contributed by atoms with E-state index in [9.17, 15) is 4.79 Å². The van der Waals surface area contributed by atoms with Gasteiger partial charge in [0.15, 0.2) is 0 Å². The summed E-state index contributed by atoms with van der Waals surface area (Å²) in [6.45, 7) is 4.35. The quantitative estimate of drug-likeness (QED) is 0.620. The molecule has 2 heterocycles. The van der Waals surface area contributed by atoms with Crippen LogP contribution in [0.5, 0.6) is 0 Å². The van der Waals surface area contributed by atoms with Crippen LogP contribution in [0, 0.1) is 0 Å². The Kier molecular flexibility index (Phi) is 4.64. The molecule has 2 aromatic heterocycles. The van der Waals surface area contributed by atoms with Crippen LogP contribution in [-0.2, 0) is 12.8 Å². The predicted molar refractivity (Wildman–Crippen MR) is 98.8 cm³/mol. The molecule has 0 aliphatic carbocycles. The fourth-order valence-corrected chi connectivity index (χ4v) is 4.49. The third-order valence-corrected chi connectivity index (χ3v) is 5.94. The van der Waals surface area contributed by atoms with E-state index in [2.05, 4.69) is 43.5 Å². The number of aryl methyl sites for hydroxylation is 2. The second kappa shape index (κ2) is 6.69. The predicted octanol–water partition coefficient (Wildman–Crippen LogP) is 5.97. The number of carboxylic acids is 1. The molecule has 0 saturated heterocycles. The summed E-state index contributed by atoms with van der Waals surface area (Å²) < 4.78 is 0. The van der Waals surface area contributed by atoms with Crippen LogP contribution in [0.4, 0.5) is 0 Å². The average molecular weight is 342 g/mol. The summed E-state index contributed by atoms with van der Waals surface area (Å²) >= 11 is 3.11. The van der Waals surface area contributed by atoms with Gasteiger partial charge in [-0.3, -0.25) is 0 Å². The van der Waals surface area contributed by atoms with Crippen LogP contribution in [-0.4, -0.2) is 11.1 Å². The molecule has 0 saturated carbocycles. The van der Waals surface area contributed by atoms with Crippen molar-refractivity contribution >= 4 is 28.6 Å². The van der Waals surface area contributed by atoms with Crippen molar-refractivity contribution in [1.29, 1.82) is 0 Å². The van der Waals surface area contributed by atoms with Crippen LogP contribution in [0.3, 0.4) is 0 Å². The molecule has 0 bridgehead atoms. The molecule has 0 amide bonds. The molecule has 0 radical (unpaired) electrons. The summed E-state index contributed by atoms with van der Waals surface area (Å²) in [5.74, 6) is -0.858. The van der Waals surface area contributed by atoms with Gasteiger partial charge in [0.1, 0.15) is 4.88 Å². The molecule has 3 aromatic rings. The van der Waals surface area contributed by atoms with Crippen molar-refractivity contribution in [2.24, 2.45) is 0 Å². The summed E-state index contributed by atoms with van der Waals surface area (Å²) in [5.41, 5.74) is 5.12. The molecule has 2 nitrogen and oxygen atoms in total. The summed E-state index contributed by atoms with van der Waals surface area (Å²) in [7, 11) is 0. The molecule has 3 rings (SSSR count). The van der Waals surface area contributed by atoms with Crippen LogP contribution < -0.4 is 0 Å². The monoisotopic (exact) mass is 342 g/mol. The summed E-state index contributed by atoms with van der Waals surface area (Å²) in [5, 5.41) is 11.2. The SMILES string of the molecule is CCc1cc(-c2ccc(C(=O)O)s2)cc(CC)c1-c1cccs1. The molecule has 0 atom stereocenters. The second-order valence-corrected chi connectivity index (χ2v) is 7.35. The maximum absolute atomic E-state index is 11.1. The number of thiophene rings is 2. The first-order chi connectivity index (χ1) is 11.1. The first-order valence-electron chi connectivity index (χ1n) is 7.67. The molecule has 0 unspecified atom stereocenters. The molecule has 0 spiro atoms. The lowest BCUT2D eigenvalue weighted by molar-refractivity contribution is 0.0702. The van der Waals surface area contributed by atoms with Crippen LogP contribution in [0.1, 0.15) is 34.6 Å². The number of hydrogen-bond acceptors (Lipinski definition) is 3. The normalized spacial score (nSPS) is 10.9. The van der Waals surface area contributed by atoms with Gasteiger partial charge in [0.25, 0.3) is 0 Å². The molecular formula is C19H18O2S2. The average Bonchev–Trinajstić information content (AvgIpc) is 3.24. The highest BCUT2D eigenvalue weighted by Crippen LogP contribution is 2.37. The fraction of sp³-hybridized carbons (Fsp3) is 0.211. The zero-order chi connectivity index (χ0) is 16.4. The first kappa shape index (κ1) is 16.0. The maximum atomic E-state index is 11.1. The highest BCUT2D eigenvalue weighted by Gasteiger charge is 2.15. The van der Waals surface area contributed by atoms with E-state index in [0.717, 1.165) is 23.3 Å². The van der Waals surface area contributed by atoms with E-state index in [-0.39, 0.29) is 0 Å². The third-order valence-electron chi connectivity index (χ3n) is 3.93. The summed E-state index contributed by atoms with van der Waals surface area (Å²) in [6, 6.07) is 12.3. The summed E-state index contributed by atoms with van der Waals surface area (Å²) in [6.07, 6.45) is 1.93. The minimum Gasteiger partial charge on any atom is -0.477 e. The zero-order valence-corrected chi connectivity index (χ0v) is 14.8. The van der Waals surface area contributed by atoms with Gasteiger partial charge in [-0.05, 0) is 70.8 Å². The number of carboxylic acid groups (broad SMARTS) is 1. The van der Waals surface area contributed by atoms with Crippen molar-refractivity contribution in [2.45, 2.75) is 26.7 Å². The molecule has 0 aliphatic heterocycles. The van der Waals surface area contributed by atoms with Crippen molar-refractivity contribution in [3.63, 3.8) is 0 Å². The third kappa shape index (κ3) is 3.09. The molecular weight excluding hydrogens is 324 g/mol. The van der Waals surface area contributed by atoms with Gasteiger partial charge in [-0.15, -0.1) is 22.7 Å². The molecule has 0 fully saturated rings. The van der Waals surface area contributed by atoms with Crippen molar-refractivity contribution in [1.82, 2.24) is 0 Å². The minimum absolute atomic E-state index is 0.387. The molecule has 4 heteroatoms. The molecule has 0 aliphatic rings. The van der Waals surface area contributed by atoms with Crippen LogP contribution in [0.2, 0.25) is 0 Å². The van der Waals surface area contributed by atoms with Crippen LogP contribution in [0.15, 0.2) is 41.8 Å². The van der Waals surface area contributed by atoms with Gasteiger partial charge in [-0.1, -0.05) is 19.9 Å². The smallest absolute Gasteiger partial charge is 0.345 e. The van der Waals surface area contributed by atoms with Gasteiger partial charge >= 0.3 is 5.97 Å².